The second kappa shape index (κ2) is 3.42. The Balaban J connectivity index is 2.40. The number of thioether (sulfide) groups is 1. The summed E-state index contributed by atoms with van der Waals surface area (Å²) in [5, 5.41) is 0.356. The highest BCUT2D eigenvalue weighted by molar-refractivity contribution is 8.00. The molecule has 0 fully saturated rings. The van der Waals surface area contributed by atoms with E-state index in [9.17, 15) is 0 Å². The molecule has 3 heteroatoms. The zero-order valence-electron chi connectivity index (χ0n) is 7.53. The Hall–Kier alpha value is -0.960. The highest BCUT2D eigenvalue weighted by Crippen LogP contribution is 2.37. The van der Waals surface area contributed by atoms with E-state index in [4.69, 9.17) is 5.73 Å². The summed E-state index contributed by atoms with van der Waals surface area (Å²) in [6.07, 6.45) is 1.04. The van der Waals surface area contributed by atoms with Gasteiger partial charge in [-0.15, -0.1) is 11.8 Å². The zero-order chi connectivity index (χ0) is 9.26. The molecule has 2 rings (SSSR count). The lowest BCUT2D eigenvalue weighted by Crippen LogP contribution is -2.27. The third kappa shape index (κ3) is 1.56. The lowest BCUT2D eigenvalue weighted by molar-refractivity contribution is 0.990. The fourth-order valence-electron chi connectivity index (χ4n) is 1.37. The quantitative estimate of drug-likeness (QED) is 0.742. The van der Waals surface area contributed by atoms with Crippen molar-refractivity contribution in [3.63, 3.8) is 0 Å². The van der Waals surface area contributed by atoms with Gasteiger partial charge in [-0.05, 0) is 18.6 Å². The van der Waals surface area contributed by atoms with Gasteiger partial charge in [-0.25, -0.2) is 4.99 Å². The molecule has 1 atom stereocenters. The number of nitrogens with two attached hydrogens (primary N) is 1. The summed E-state index contributed by atoms with van der Waals surface area (Å²) in [7, 11) is 0. The summed E-state index contributed by atoms with van der Waals surface area (Å²) < 4.78 is 0. The van der Waals surface area contributed by atoms with Crippen molar-refractivity contribution in [2.45, 2.75) is 23.5 Å². The Morgan fingerprint density at radius 1 is 1.46 bits per heavy atom. The predicted molar refractivity (Wildman–Crippen MR) is 57.7 cm³/mol. The van der Waals surface area contributed by atoms with Gasteiger partial charge in [-0.1, -0.05) is 19.1 Å². The standard InChI is InChI=1S/C10H12N2S/c1-2-8-10(11)12-7-5-3-4-6-9(7)13-8/h3-6,8H,2H2,1H3,(H2,11,12). The van der Waals surface area contributed by atoms with Crippen LogP contribution >= 0.6 is 11.8 Å². The van der Waals surface area contributed by atoms with Crippen molar-refractivity contribution in [1.29, 1.82) is 0 Å². The maximum atomic E-state index is 5.83. The van der Waals surface area contributed by atoms with Crippen molar-refractivity contribution in [1.82, 2.24) is 0 Å². The Morgan fingerprint density at radius 3 is 3.00 bits per heavy atom. The first-order valence-electron chi connectivity index (χ1n) is 4.41. The van der Waals surface area contributed by atoms with E-state index >= 15 is 0 Å². The summed E-state index contributed by atoms with van der Waals surface area (Å²) >= 11 is 1.81. The molecule has 1 unspecified atom stereocenters. The number of hydrogen-bond donors (Lipinski definition) is 1. The molecule has 1 aromatic carbocycles. The average Bonchev–Trinajstić information content (AvgIpc) is 2.17. The Labute approximate surface area is 82.2 Å². The third-order valence-electron chi connectivity index (χ3n) is 2.08. The minimum atomic E-state index is 0.356. The van der Waals surface area contributed by atoms with E-state index in [1.54, 1.807) is 0 Å². The molecule has 2 nitrogen and oxygen atoms in total. The van der Waals surface area contributed by atoms with Gasteiger partial charge in [0.15, 0.2) is 0 Å². The first kappa shape index (κ1) is 8.63. The highest BCUT2D eigenvalue weighted by atomic mass is 32.2. The maximum Gasteiger partial charge on any atom is 0.113 e. The molecule has 1 heterocycles. The first-order chi connectivity index (χ1) is 6.31. The number of hydrogen-bond acceptors (Lipinski definition) is 3. The minimum absolute atomic E-state index is 0.356. The molecule has 0 spiro atoms. The van der Waals surface area contributed by atoms with Gasteiger partial charge in [0.1, 0.15) is 5.84 Å². The van der Waals surface area contributed by atoms with Crippen molar-refractivity contribution in [3.8, 4) is 0 Å². The van der Waals surface area contributed by atoms with E-state index < -0.39 is 0 Å². The summed E-state index contributed by atoms with van der Waals surface area (Å²) in [5.74, 6) is 0.756. The molecular formula is C10H12N2S. The number of fused-ring (bicyclic) bond motifs is 1. The van der Waals surface area contributed by atoms with Crippen molar-refractivity contribution in [3.05, 3.63) is 24.3 Å². The molecule has 0 aliphatic carbocycles. The molecule has 0 saturated carbocycles. The van der Waals surface area contributed by atoms with Crippen molar-refractivity contribution in [2.75, 3.05) is 0 Å². The Bertz CT molecular complexity index is 347. The molecule has 0 bridgehead atoms. The Morgan fingerprint density at radius 2 is 2.23 bits per heavy atom. The van der Waals surface area contributed by atoms with Gasteiger partial charge in [0.05, 0.1) is 10.9 Å². The van der Waals surface area contributed by atoms with E-state index in [1.807, 2.05) is 30.0 Å². The van der Waals surface area contributed by atoms with Gasteiger partial charge in [-0.3, -0.25) is 0 Å². The topological polar surface area (TPSA) is 38.4 Å². The average molecular weight is 192 g/mol. The van der Waals surface area contributed by atoms with Crippen molar-refractivity contribution >= 4 is 23.3 Å². The second-order valence-corrected chi connectivity index (χ2v) is 4.26. The smallest absolute Gasteiger partial charge is 0.113 e. The summed E-state index contributed by atoms with van der Waals surface area (Å²) in [5.41, 5.74) is 6.84. The number of nitrogens with zero attached hydrogens (tertiary/aromatic N) is 1. The van der Waals surface area contributed by atoms with Crippen molar-refractivity contribution < 1.29 is 0 Å². The number of para-hydroxylation sites is 1. The minimum Gasteiger partial charge on any atom is -0.386 e. The molecule has 0 aromatic heterocycles. The first-order valence-corrected chi connectivity index (χ1v) is 5.29. The fourth-order valence-corrected chi connectivity index (χ4v) is 2.40. The Kier molecular flexibility index (Phi) is 2.27. The van der Waals surface area contributed by atoms with Crippen LogP contribution in [-0.2, 0) is 0 Å². The molecule has 1 aliphatic rings. The van der Waals surface area contributed by atoms with Crippen LogP contribution in [0.1, 0.15) is 13.3 Å². The number of rotatable bonds is 1. The van der Waals surface area contributed by atoms with E-state index in [0.29, 0.717) is 5.25 Å². The van der Waals surface area contributed by atoms with Crippen LogP contribution in [0.4, 0.5) is 5.69 Å². The van der Waals surface area contributed by atoms with Crippen molar-refractivity contribution in [2.24, 2.45) is 10.7 Å². The van der Waals surface area contributed by atoms with E-state index in [2.05, 4.69) is 18.0 Å². The summed E-state index contributed by atoms with van der Waals surface area (Å²) in [6, 6.07) is 8.12. The molecule has 0 saturated heterocycles. The SMILES string of the molecule is CCC1Sc2ccccc2N=C1N. The molecule has 1 aliphatic heterocycles. The van der Waals surface area contributed by atoms with Crippen LogP contribution < -0.4 is 5.73 Å². The van der Waals surface area contributed by atoms with Gasteiger partial charge in [0.2, 0.25) is 0 Å². The zero-order valence-corrected chi connectivity index (χ0v) is 8.34. The fraction of sp³-hybridized carbons (Fsp3) is 0.300. The summed E-state index contributed by atoms with van der Waals surface area (Å²) in [6.45, 7) is 2.13. The van der Waals surface area contributed by atoms with Crippen LogP contribution in [0.15, 0.2) is 34.2 Å². The van der Waals surface area contributed by atoms with Gasteiger partial charge in [-0.2, -0.15) is 0 Å². The van der Waals surface area contributed by atoms with E-state index in [-0.39, 0.29) is 0 Å². The molecule has 13 heavy (non-hydrogen) atoms. The van der Waals surface area contributed by atoms with Gasteiger partial charge >= 0.3 is 0 Å². The third-order valence-corrected chi connectivity index (χ3v) is 3.54. The highest BCUT2D eigenvalue weighted by Gasteiger charge is 2.19. The maximum absolute atomic E-state index is 5.83. The molecule has 2 N–H and O–H groups in total. The van der Waals surface area contributed by atoms with Gasteiger partial charge < -0.3 is 5.73 Å². The molecule has 68 valence electrons. The lowest BCUT2D eigenvalue weighted by Gasteiger charge is -2.20. The normalized spacial score (nSPS) is 20.7. The van der Waals surface area contributed by atoms with Crippen LogP contribution in [0, 0.1) is 0 Å². The number of amidine groups is 1. The van der Waals surface area contributed by atoms with E-state index in [0.717, 1.165) is 17.9 Å². The van der Waals surface area contributed by atoms with Crippen LogP contribution in [0.25, 0.3) is 0 Å². The van der Waals surface area contributed by atoms with Crippen LogP contribution in [0.2, 0.25) is 0 Å². The predicted octanol–water partition coefficient (Wildman–Crippen LogP) is 2.56. The second-order valence-electron chi connectivity index (χ2n) is 3.02. The summed E-state index contributed by atoms with van der Waals surface area (Å²) in [4.78, 5) is 5.61. The van der Waals surface area contributed by atoms with Crippen LogP contribution in [-0.4, -0.2) is 11.1 Å². The van der Waals surface area contributed by atoms with E-state index in [1.165, 1.54) is 4.90 Å². The molecule has 1 aromatic rings. The van der Waals surface area contributed by atoms with Gasteiger partial charge in [0.25, 0.3) is 0 Å². The van der Waals surface area contributed by atoms with Crippen LogP contribution in [0.3, 0.4) is 0 Å². The number of aliphatic imine (C=N–C) groups is 1. The molecule has 0 amide bonds. The van der Waals surface area contributed by atoms with Gasteiger partial charge in [0, 0.05) is 4.90 Å². The lowest BCUT2D eigenvalue weighted by atomic mass is 10.3. The largest absolute Gasteiger partial charge is 0.386 e. The molecular weight excluding hydrogens is 180 g/mol. The monoisotopic (exact) mass is 192 g/mol. The van der Waals surface area contributed by atoms with Crippen LogP contribution in [0.5, 0.6) is 0 Å². The number of benzene rings is 1. The molecule has 0 radical (unpaired) electrons.